The van der Waals surface area contributed by atoms with Crippen molar-refractivity contribution in [2.24, 2.45) is 0 Å². The van der Waals surface area contributed by atoms with Gasteiger partial charge in [-0.3, -0.25) is 9.71 Å². The van der Waals surface area contributed by atoms with Crippen LogP contribution >= 0.6 is 24.0 Å². The fourth-order valence-electron chi connectivity index (χ4n) is 2.94. The molecule has 0 spiro atoms. The zero-order valence-corrected chi connectivity index (χ0v) is 18.4. The maximum atomic E-state index is 12.6. The van der Waals surface area contributed by atoms with Crippen molar-refractivity contribution in [3.8, 4) is 0 Å². The molecule has 0 aliphatic rings. The van der Waals surface area contributed by atoms with Gasteiger partial charge in [-0.25, -0.2) is 8.42 Å². The quantitative estimate of drug-likeness (QED) is 0.374. The topological polar surface area (TPSA) is 71.1 Å². The molecular weight excluding hydrogens is 441 g/mol. The first kappa shape index (κ1) is 21.9. The molecule has 0 saturated heterocycles. The largest absolute Gasteiger partial charge is 0.355 e. The molecule has 154 valence electrons. The van der Waals surface area contributed by atoms with Crippen molar-refractivity contribution in [2.45, 2.75) is 11.8 Å². The molecule has 0 radical (unpaired) electrons. The lowest BCUT2D eigenvalue weighted by Crippen LogP contribution is -2.12. The molecule has 0 aliphatic carbocycles. The van der Waals surface area contributed by atoms with Crippen LogP contribution in [0, 0.1) is 6.92 Å². The molecule has 5 nitrogen and oxygen atoms in total. The van der Waals surface area contributed by atoms with Gasteiger partial charge in [0.15, 0.2) is 0 Å². The van der Waals surface area contributed by atoms with Gasteiger partial charge < -0.3 is 5.32 Å². The van der Waals surface area contributed by atoms with E-state index in [1.165, 1.54) is 0 Å². The number of halogens is 2. The number of benzene rings is 3. The lowest BCUT2D eigenvalue weighted by Gasteiger charge is -2.11. The van der Waals surface area contributed by atoms with E-state index >= 15 is 0 Å². The van der Waals surface area contributed by atoms with Gasteiger partial charge in [0, 0.05) is 33.7 Å². The van der Waals surface area contributed by atoms with E-state index in [0.29, 0.717) is 10.7 Å². The number of aryl methyl sites for hydroxylation is 1. The summed E-state index contributed by atoms with van der Waals surface area (Å²) in [5, 5.41) is 4.85. The zero-order valence-electron chi connectivity index (χ0n) is 16.0. The fourth-order valence-corrected chi connectivity index (χ4v) is 4.16. The van der Waals surface area contributed by atoms with E-state index in [9.17, 15) is 8.42 Å². The van der Waals surface area contributed by atoms with Gasteiger partial charge in [0.25, 0.3) is 10.0 Å². The minimum Gasteiger partial charge on any atom is -0.355 e. The van der Waals surface area contributed by atoms with Crippen molar-refractivity contribution >= 4 is 62.0 Å². The average Bonchev–Trinajstić information content (AvgIpc) is 2.70. The predicted molar refractivity (Wildman–Crippen MR) is 126 cm³/mol. The summed E-state index contributed by atoms with van der Waals surface area (Å²) < 4.78 is 27.8. The van der Waals surface area contributed by atoms with Crippen molar-refractivity contribution in [1.29, 1.82) is 0 Å². The van der Waals surface area contributed by atoms with E-state index in [1.807, 2.05) is 37.3 Å². The number of aromatic nitrogens is 1. The Hall–Kier alpha value is -2.80. The molecule has 8 heteroatoms. The van der Waals surface area contributed by atoms with Crippen molar-refractivity contribution in [2.75, 3.05) is 10.0 Å². The van der Waals surface area contributed by atoms with Crippen LogP contribution in [-0.2, 0) is 10.0 Å². The zero-order chi connectivity index (χ0) is 20.4. The summed E-state index contributed by atoms with van der Waals surface area (Å²) in [6, 6.07) is 21.2. The van der Waals surface area contributed by atoms with Crippen LogP contribution in [0.25, 0.3) is 10.9 Å². The smallest absolute Gasteiger partial charge is 0.261 e. The maximum Gasteiger partial charge on any atom is 0.261 e. The average molecular weight is 460 g/mol. The van der Waals surface area contributed by atoms with E-state index in [2.05, 4.69) is 15.0 Å². The highest BCUT2D eigenvalue weighted by Crippen LogP contribution is 2.28. The van der Waals surface area contributed by atoms with Crippen LogP contribution in [0.2, 0.25) is 5.02 Å². The van der Waals surface area contributed by atoms with Crippen molar-refractivity contribution < 1.29 is 8.42 Å². The van der Waals surface area contributed by atoms with Crippen molar-refractivity contribution in [3.05, 3.63) is 89.6 Å². The van der Waals surface area contributed by atoms with Gasteiger partial charge in [-0.05, 0) is 67.6 Å². The number of hydrogen-bond donors (Lipinski definition) is 2. The Morgan fingerprint density at radius 2 is 1.53 bits per heavy atom. The monoisotopic (exact) mass is 459 g/mol. The van der Waals surface area contributed by atoms with E-state index in [-0.39, 0.29) is 17.3 Å². The standard InChI is InChI=1S/C22H18ClN3O2S.ClH/c1-15-2-5-18(6-3-15)26-29(27,28)19-9-7-17(8-10-19)25-21-12-13-24-22-14-16(23)4-11-20(21)22;/h2-14,26H,1H3,(H,24,25);1H. The highest BCUT2D eigenvalue weighted by molar-refractivity contribution is 7.92. The van der Waals surface area contributed by atoms with E-state index in [1.54, 1.807) is 48.7 Å². The molecule has 1 aromatic heterocycles. The number of pyridine rings is 1. The highest BCUT2D eigenvalue weighted by Gasteiger charge is 2.14. The molecule has 0 aliphatic heterocycles. The molecule has 0 saturated carbocycles. The van der Waals surface area contributed by atoms with Crippen LogP contribution in [-0.4, -0.2) is 13.4 Å². The molecule has 1 heterocycles. The summed E-state index contributed by atoms with van der Waals surface area (Å²) in [5.41, 5.74) is 4.00. The van der Waals surface area contributed by atoms with Gasteiger partial charge in [-0.15, -0.1) is 12.4 Å². The number of anilines is 3. The third-order valence-electron chi connectivity index (χ3n) is 4.45. The molecule has 0 fully saturated rings. The molecule has 0 amide bonds. The molecule has 0 bridgehead atoms. The number of sulfonamides is 1. The van der Waals surface area contributed by atoms with Gasteiger partial charge in [0.2, 0.25) is 0 Å². The number of nitrogens with zero attached hydrogens (tertiary/aromatic N) is 1. The number of hydrogen-bond acceptors (Lipinski definition) is 4. The van der Waals surface area contributed by atoms with Gasteiger partial charge in [0.1, 0.15) is 0 Å². The number of fused-ring (bicyclic) bond motifs is 1. The Kier molecular flexibility index (Phi) is 6.51. The summed E-state index contributed by atoms with van der Waals surface area (Å²) in [7, 11) is -3.66. The summed E-state index contributed by atoms with van der Waals surface area (Å²) in [6.07, 6.45) is 1.70. The molecule has 2 N–H and O–H groups in total. The highest BCUT2D eigenvalue weighted by atomic mass is 35.5. The Labute approximate surface area is 186 Å². The predicted octanol–water partition coefficient (Wildman–Crippen LogP) is 6.16. The van der Waals surface area contributed by atoms with Crippen LogP contribution in [0.4, 0.5) is 17.1 Å². The fraction of sp³-hybridized carbons (Fsp3) is 0.0455. The van der Waals surface area contributed by atoms with Crippen LogP contribution in [0.15, 0.2) is 83.9 Å². The third kappa shape index (κ3) is 4.84. The minimum atomic E-state index is -3.66. The Bertz CT molecular complexity index is 1280. The molecule has 4 rings (SSSR count). The maximum absolute atomic E-state index is 12.6. The third-order valence-corrected chi connectivity index (χ3v) is 6.08. The number of rotatable bonds is 5. The van der Waals surface area contributed by atoms with Gasteiger partial charge in [0.05, 0.1) is 10.4 Å². The lowest BCUT2D eigenvalue weighted by atomic mass is 10.2. The van der Waals surface area contributed by atoms with E-state index in [4.69, 9.17) is 11.6 Å². The van der Waals surface area contributed by atoms with Gasteiger partial charge in [-0.1, -0.05) is 29.3 Å². The first-order chi connectivity index (χ1) is 13.9. The first-order valence-corrected chi connectivity index (χ1v) is 10.8. The van der Waals surface area contributed by atoms with Crippen molar-refractivity contribution in [1.82, 2.24) is 4.98 Å². The van der Waals surface area contributed by atoms with Crippen LogP contribution < -0.4 is 10.0 Å². The molecular formula is C22H19Cl2N3O2S. The Morgan fingerprint density at radius 3 is 2.23 bits per heavy atom. The second kappa shape index (κ2) is 8.92. The SMILES string of the molecule is Cc1ccc(NS(=O)(=O)c2ccc(Nc3ccnc4cc(Cl)ccc34)cc2)cc1.Cl. The van der Waals surface area contributed by atoms with Crippen molar-refractivity contribution in [3.63, 3.8) is 0 Å². The van der Waals surface area contributed by atoms with Crippen LogP contribution in [0.5, 0.6) is 0 Å². The Balaban J connectivity index is 0.00000256. The number of nitrogens with one attached hydrogen (secondary N) is 2. The second-order valence-electron chi connectivity index (χ2n) is 6.64. The van der Waals surface area contributed by atoms with Gasteiger partial charge in [-0.2, -0.15) is 0 Å². The molecule has 0 atom stereocenters. The molecule has 3 aromatic carbocycles. The Morgan fingerprint density at radius 1 is 0.867 bits per heavy atom. The molecule has 4 aromatic rings. The van der Waals surface area contributed by atoms with E-state index in [0.717, 1.165) is 27.8 Å². The summed E-state index contributed by atoms with van der Waals surface area (Å²) >= 11 is 6.03. The summed E-state index contributed by atoms with van der Waals surface area (Å²) in [4.78, 5) is 4.51. The van der Waals surface area contributed by atoms with Gasteiger partial charge >= 0.3 is 0 Å². The normalized spacial score (nSPS) is 11.0. The van der Waals surface area contributed by atoms with Crippen LogP contribution in [0.3, 0.4) is 0 Å². The van der Waals surface area contributed by atoms with Crippen LogP contribution in [0.1, 0.15) is 5.56 Å². The summed E-state index contributed by atoms with van der Waals surface area (Å²) in [6.45, 7) is 1.95. The van der Waals surface area contributed by atoms with E-state index < -0.39 is 10.0 Å². The molecule has 0 unspecified atom stereocenters. The summed E-state index contributed by atoms with van der Waals surface area (Å²) in [5.74, 6) is 0. The second-order valence-corrected chi connectivity index (χ2v) is 8.76. The first-order valence-electron chi connectivity index (χ1n) is 8.92. The molecule has 30 heavy (non-hydrogen) atoms. The lowest BCUT2D eigenvalue weighted by molar-refractivity contribution is 0.601. The minimum absolute atomic E-state index is 0.